The smallest absolute Gasteiger partial charge is 0.332 e. The Balaban J connectivity index is 2.32. The van der Waals surface area contributed by atoms with Crippen LogP contribution in [-0.2, 0) is 9.53 Å². The molecule has 1 saturated heterocycles. The van der Waals surface area contributed by atoms with Gasteiger partial charge < -0.3 is 25.4 Å². The summed E-state index contributed by atoms with van der Waals surface area (Å²) in [6.07, 6.45) is 0.299. The van der Waals surface area contributed by atoms with Crippen molar-refractivity contribution in [2.75, 3.05) is 19.8 Å². The van der Waals surface area contributed by atoms with Gasteiger partial charge in [0.15, 0.2) is 6.10 Å². The molecule has 94 valence electrons. The summed E-state index contributed by atoms with van der Waals surface area (Å²) in [4.78, 5) is 10.6. The molecule has 6 nitrogen and oxygen atoms in total. The first kappa shape index (κ1) is 13.4. The van der Waals surface area contributed by atoms with E-state index < -0.39 is 17.6 Å². The van der Waals surface area contributed by atoms with Crippen molar-refractivity contribution in [2.45, 2.75) is 37.5 Å². The largest absolute Gasteiger partial charge is 0.479 e. The van der Waals surface area contributed by atoms with Gasteiger partial charge in [-0.25, -0.2) is 4.79 Å². The third kappa shape index (κ3) is 3.41. The number of ether oxygens (including phenoxy) is 1. The highest BCUT2D eigenvalue weighted by Crippen LogP contribution is 2.19. The lowest BCUT2D eigenvalue weighted by Gasteiger charge is -2.27. The summed E-state index contributed by atoms with van der Waals surface area (Å²) in [6, 6.07) is 0. The van der Waals surface area contributed by atoms with E-state index in [0.29, 0.717) is 19.4 Å². The highest BCUT2D eigenvalue weighted by molar-refractivity contribution is 5.72. The Hall–Kier alpha value is -0.690. The lowest BCUT2D eigenvalue weighted by molar-refractivity contribution is -0.149. The number of aliphatic carboxylic acids is 1. The molecule has 1 aliphatic rings. The average Bonchev–Trinajstić information content (AvgIpc) is 2.75. The molecule has 2 atom stereocenters. The first-order valence-corrected chi connectivity index (χ1v) is 5.36. The third-order valence-electron chi connectivity index (χ3n) is 2.84. The van der Waals surface area contributed by atoms with E-state index in [-0.39, 0.29) is 19.3 Å². The van der Waals surface area contributed by atoms with Crippen molar-refractivity contribution >= 4 is 5.97 Å². The van der Waals surface area contributed by atoms with Gasteiger partial charge in [0.2, 0.25) is 0 Å². The average molecular weight is 233 g/mol. The van der Waals surface area contributed by atoms with Gasteiger partial charge in [-0.3, -0.25) is 0 Å². The summed E-state index contributed by atoms with van der Waals surface area (Å²) < 4.78 is 5.28. The van der Waals surface area contributed by atoms with E-state index in [1.54, 1.807) is 6.92 Å². The maximum Gasteiger partial charge on any atom is 0.332 e. The van der Waals surface area contributed by atoms with Crippen molar-refractivity contribution in [3.05, 3.63) is 0 Å². The van der Waals surface area contributed by atoms with Gasteiger partial charge in [-0.2, -0.15) is 0 Å². The van der Waals surface area contributed by atoms with Gasteiger partial charge in [0.25, 0.3) is 0 Å². The number of nitrogens with one attached hydrogen (secondary N) is 1. The Morgan fingerprint density at radius 2 is 2.06 bits per heavy atom. The Kier molecular flexibility index (Phi) is 4.67. The number of rotatable bonds is 6. The molecule has 0 aromatic heterocycles. The minimum absolute atomic E-state index is 0.168. The molecule has 0 radical (unpaired) electrons. The Morgan fingerprint density at radius 1 is 1.44 bits per heavy atom. The van der Waals surface area contributed by atoms with Crippen LogP contribution < -0.4 is 5.32 Å². The molecular formula is C10H19NO5. The molecule has 2 unspecified atom stereocenters. The van der Waals surface area contributed by atoms with Gasteiger partial charge in [0.1, 0.15) is 0 Å². The SMILES string of the molecule is CC(CO)(CO)NCC1CCC(C(=O)O)O1. The van der Waals surface area contributed by atoms with E-state index in [0.717, 1.165) is 0 Å². The van der Waals surface area contributed by atoms with Crippen molar-refractivity contribution in [1.29, 1.82) is 0 Å². The Labute approximate surface area is 94.2 Å². The predicted molar refractivity (Wildman–Crippen MR) is 56.1 cm³/mol. The molecule has 1 aliphatic heterocycles. The van der Waals surface area contributed by atoms with E-state index in [9.17, 15) is 4.79 Å². The van der Waals surface area contributed by atoms with Crippen LogP contribution in [0.3, 0.4) is 0 Å². The second-order valence-electron chi connectivity index (χ2n) is 4.42. The maximum atomic E-state index is 10.6. The van der Waals surface area contributed by atoms with Crippen LogP contribution in [0.25, 0.3) is 0 Å². The minimum Gasteiger partial charge on any atom is -0.479 e. The standard InChI is InChI=1S/C10H19NO5/c1-10(5-12,6-13)11-4-7-2-3-8(16-7)9(14)15/h7-8,11-13H,2-6H2,1H3,(H,14,15). The van der Waals surface area contributed by atoms with Crippen LogP contribution in [0.15, 0.2) is 0 Å². The summed E-state index contributed by atoms with van der Waals surface area (Å²) in [6.45, 7) is 1.76. The van der Waals surface area contributed by atoms with Gasteiger partial charge in [-0.15, -0.1) is 0 Å². The van der Waals surface area contributed by atoms with Crippen LogP contribution in [-0.4, -0.2) is 58.8 Å². The molecule has 16 heavy (non-hydrogen) atoms. The van der Waals surface area contributed by atoms with E-state index in [1.165, 1.54) is 0 Å². The van der Waals surface area contributed by atoms with E-state index in [1.807, 2.05) is 0 Å². The second kappa shape index (κ2) is 5.58. The molecule has 1 fully saturated rings. The number of carboxylic acid groups (broad SMARTS) is 1. The number of aliphatic hydroxyl groups excluding tert-OH is 2. The molecule has 0 aromatic carbocycles. The summed E-state index contributed by atoms with van der Waals surface area (Å²) in [5.41, 5.74) is -0.745. The van der Waals surface area contributed by atoms with Crippen LogP contribution in [0.2, 0.25) is 0 Å². The minimum atomic E-state index is -0.936. The Morgan fingerprint density at radius 3 is 2.50 bits per heavy atom. The molecule has 0 saturated carbocycles. The van der Waals surface area contributed by atoms with Crippen LogP contribution in [0.4, 0.5) is 0 Å². The van der Waals surface area contributed by atoms with Gasteiger partial charge in [0, 0.05) is 6.54 Å². The number of carboxylic acids is 1. The summed E-state index contributed by atoms with van der Waals surface area (Å²) >= 11 is 0. The van der Waals surface area contributed by atoms with Gasteiger partial charge in [-0.1, -0.05) is 0 Å². The zero-order chi connectivity index (χ0) is 12.2. The monoisotopic (exact) mass is 233 g/mol. The van der Waals surface area contributed by atoms with Crippen molar-refractivity contribution in [2.24, 2.45) is 0 Å². The molecule has 0 amide bonds. The van der Waals surface area contributed by atoms with Crippen molar-refractivity contribution in [3.63, 3.8) is 0 Å². The van der Waals surface area contributed by atoms with Gasteiger partial charge in [0.05, 0.1) is 24.9 Å². The Bertz CT molecular complexity index is 241. The highest BCUT2D eigenvalue weighted by Gasteiger charge is 2.32. The summed E-state index contributed by atoms with van der Waals surface area (Å²) in [5.74, 6) is -0.936. The van der Waals surface area contributed by atoms with Crippen LogP contribution in [0, 0.1) is 0 Å². The first-order valence-electron chi connectivity index (χ1n) is 5.36. The fourth-order valence-corrected chi connectivity index (χ4v) is 1.56. The molecule has 0 bridgehead atoms. The summed E-state index contributed by atoms with van der Waals surface area (Å²) in [5, 5.41) is 29.8. The molecule has 0 spiro atoms. The molecule has 0 aromatic rings. The van der Waals surface area contributed by atoms with Crippen LogP contribution in [0.5, 0.6) is 0 Å². The predicted octanol–water partition coefficient (Wildman–Crippen LogP) is -1.05. The number of hydrogen-bond acceptors (Lipinski definition) is 5. The number of aliphatic hydroxyl groups is 2. The second-order valence-corrected chi connectivity index (χ2v) is 4.42. The fourth-order valence-electron chi connectivity index (χ4n) is 1.56. The molecule has 1 rings (SSSR count). The van der Waals surface area contributed by atoms with Crippen LogP contribution in [0.1, 0.15) is 19.8 Å². The lowest BCUT2D eigenvalue weighted by Crippen LogP contribution is -2.51. The highest BCUT2D eigenvalue weighted by atomic mass is 16.5. The van der Waals surface area contributed by atoms with Gasteiger partial charge >= 0.3 is 5.97 Å². The van der Waals surface area contributed by atoms with Crippen molar-refractivity contribution in [3.8, 4) is 0 Å². The maximum absolute atomic E-state index is 10.6. The number of hydrogen-bond donors (Lipinski definition) is 4. The first-order chi connectivity index (χ1) is 7.50. The molecule has 6 heteroatoms. The molecular weight excluding hydrogens is 214 g/mol. The third-order valence-corrected chi connectivity index (χ3v) is 2.84. The fraction of sp³-hybridized carbons (Fsp3) is 0.900. The molecule has 4 N–H and O–H groups in total. The number of carbonyl (C=O) groups is 1. The van der Waals surface area contributed by atoms with Gasteiger partial charge in [-0.05, 0) is 19.8 Å². The zero-order valence-corrected chi connectivity index (χ0v) is 9.35. The summed E-state index contributed by atoms with van der Waals surface area (Å²) in [7, 11) is 0. The normalized spacial score (nSPS) is 25.9. The zero-order valence-electron chi connectivity index (χ0n) is 9.35. The molecule has 1 heterocycles. The van der Waals surface area contributed by atoms with E-state index >= 15 is 0 Å². The van der Waals surface area contributed by atoms with Crippen LogP contribution >= 0.6 is 0 Å². The lowest BCUT2D eigenvalue weighted by atomic mass is 10.1. The van der Waals surface area contributed by atoms with Crippen molar-refractivity contribution < 1.29 is 24.9 Å². The van der Waals surface area contributed by atoms with E-state index in [4.69, 9.17) is 20.1 Å². The molecule has 0 aliphatic carbocycles. The van der Waals surface area contributed by atoms with E-state index in [2.05, 4.69) is 5.32 Å². The topological polar surface area (TPSA) is 99.0 Å². The quantitative estimate of drug-likeness (QED) is 0.467. The van der Waals surface area contributed by atoms with Crippen molar-refractivity contribution in [1.82, 2.24) is 5.32 Å².